The van der Waals surface area contributed by atoms with Crippen molar-refractivity contribution in [2.24, 2.45) is 11.0 Å². The number of hydrazone groups is 1. The lowest BCUT2D eigenvalue weighted by atomic mass is 9.96. The minimum Gasteiger partial charge on any atom is -0.295 e. The maximum atomic E-state index is 12.9. The average molecular weight is 457 g/mol. The van der Waals surface area contributed by atoms with Crippen molar-refractivity contribution in [3.8, 4) is 0 Å². The molecule has 134 valence electrons. The van der Waals surface area contributed by atoms with E-state index in [1.165, 1.54) is 12.1 Å². The number of nitrogens with one attached hydrogen (secondary N) is 1. The molecule has 1 aliphatic heterocycles. The highest BCUT2D eigenvalue weighted by Gasteiger charge is 2.37. The maximum absolute atomic E-state index is 12.9. The topological polar surface area (TPSA) is 61.8 Å². The Labute approximate surface area is 161 Å². The Morgan fingerprint density at radius 3 is 2.38 bits per heavy atom. The molecule has 2 atom stereocenters. The third kappa shape index (κ3) is 4.25. The molecular weight excluding hydrogens is 437 g/mol. The Hall–Kier alpha value is -0.340. The molecular formula is C15H20BrCl2N3O2S. The zero-order valence-corrected chi connectivity index (χ0v) is 17.8. The van der Waals surface area contributed by atoms with E-state index in [2.05, 4.69) is 39.6 Å². The van der Waals surface area contributed by atoms with Crippen LogP contribution in [0, 0.1) is 5.92 Å². The number of nitrogens with zero attached hydrogens (tertiary/aromatic N) is 2. The molecule has 0 aliphatic carbocycles. The number of halogens is 3. The van der Waals surface area contributed by atoms with Crippen molar-refractivity contribution in [1.29, 1.82) is 0 Å². The number of rotatable bonds is 5. The first-order valence-electron chi connectivity index (χ1n) is 7.47. The van der Waals surface area contributed by atoms with Gasteiger partial charge in [0, 0.05) is 11.5 Å². The molecule has 0 radical (unpaired) electrons. The lowest BCUT2D eigenvalue weighted by Crippen LogP contribution is -2.48. The molecule has 1 aromatic carbocycles. The fraction of sp³-hybridized carbons (Fsp3) is 0.533. The fourth-order valence-electron chi connectivity index (χ4n) is 2.83. The molecule has 0 spiro atoms. The third-order valence-electron chi connectivity index (χ3n) is 3.86. The molecule has 1 aromatic rings. The second kappa shape index (κ2) is 7.50. The van der Waals surface area contributed by atoms with Crippen molar-refractivity contribution in [2.45, 2.75) is 44.2 Å². The Balaban J connectivity index is 2.36. The summed E-state index contributed by atoms with van der Waals surface area (Å²) in [6.07, 6.45) is 0.812. The van der Waals surface area contributed by atoms with Crippen LogP contribution in [0.5, 0.6) is 0 Å². The van der Waals surface area contributed by atoms with Gasteiger partial charge in [0.2, 0.25) is 10.0 Å². The second-order valence-corrected chi connectivity index (χ2v) is 9.69. The van der Waals surface area contributed by atoms with E-state index in [1.807, 2.05) is 19.0 Å². The van der Waals surface area contributed by atoms with Crippen molar-refractivity contribution in [1.82, 2.24) is 9.73 Å². The van der Waals surface area contributed by atoms with Gasteiger partial charge >= 0.3 is 0 Å². The van der Waals surface area contributed by atoms with Crippen molar-refractivity contribution >= 4 is 54.9 Å². The van der Waals surface area contributed by atoms with E-state index in [0.29, 0.717) is 10.4 Å². The molecule has 0 saturated carbocycles. The molecule has 5 nitrogen and oxygen atoms in total. The van der Waals surface area contributed by atoms with Gasteiger partial charge in [0.25, 0.3) is 0 Å². The molecule has 0 saturated heterocycles. The van der Waals surface area contributed by atoms with Gasteiger partial charge in [-0.15, -0.1) is 0 Å². The van der Waals surface area contributed by atoms with Crippen LogP contribution >= 0.6 is 39.1 Å². The van der Waals surface area contributed by atoms with Crippen LogP contribution in [0.2, 0.25) is 10.0 Å². The van der Waals surface area contributed by atoms with E-state index in [0.717, 1.165) is 12.1 Å². The summed E-state index contributed by atoms with van der Waals surface area (Å²) in [5.41, 5.74) is 0.719. The number of sulfonamides is 1. The zero-order chi connectivity index (χ0) is 18.2. The molecule has 0 aromatic heterocycles. The summed E-state index contributed by atoms with van der Waals surface area (Å²) in [5, 5.41) is 6.35. The van der Waals surface area contributed by atoms with Crippen LogP contribution in [0.3, 0.4) is 0 Å². The summed E-state index contributed by atoms with van der Waals surface area (Å²) >= 11 is 15.5. The molecule has 1 aliphatic rings. The maximum Gasteiger partial charge on any atom is 0.244 e. The third-order valence-corrected chi connectivity index (χ3v) is 6.68. The Bertz CT molecular complexity index is 745. The van der Waals surface area contributed by atoms with E-state index in [9.17, 15) is 8.42 Å². The van der Waals surface area contributed by atoms with E-state index in [1.54, 1.807) is 0 Å². The predicted octanol–water partition coefficient (Wildman–Crippen LogP) is 4.14. The molecule has 9 heteroatoms. The Morgan fingerprint density at radius 2 is 1.88 bits per heavy atom. The van der Waals surface area contributed by atoms with E-state index >= 15 is 0 Å². The van der Waals surface area contributed by atoms with Crippen LogP contribution in [0.1, 0.15) is 27.2 Å². The smallest absolute Gasteiger partial charge is 0.244 e. The SMILES string of the molecule is CC1=NN(C)C(CC(C)C)C1NS(=O)(=O)c1c(Cl)cc(Br)cc1Cl. The molecule has 2 unspecified atom stereocenters. The van der Waals surface area contributed by atoms with Crippen LogP contribution < -0.4 is 4.72 Å². The summed E-state index contributed by atoms with van der Waals surface area (Å²) in [6.45, 7) is 6.00. The monoisotopic (exact) mass is 455 g/mol. The van der Waals surface area contributed by atoms with Gasteiger partial charge in [-0.05, 0) is 31.4 Å². The standard InChI is InChI=1S/C15H20BrCl2N3O2S/c1-8(2)5-13-14(9(3)19-21(13)4)20-24(22,23)15-11(17)6-10(16)7-12(15)18/h6-8,13-14,20H,5H2,1-4H3. The number of hydrogen-bond acceptors (Lipinski definition) is 4. The van der Waals surface area contributed by atoms with Gasteiger partial charge in [0.15, 0.2) is 0 Å². The minimum atomic E-state index is -3.89. The molecule has 1 N–H and O–H groups in total. The largest absolute Gasteiger partial charge is 0.295 e. The number of likely N-dealkylation sites (N-methyl/N-ethyl adjacent to an activating group) is 1. The summed E-state index contributed by atoms with van der Waals surface area (Å²) in [6, 6.07) is 2.55. The van der Waals surface area contributed by atoms with Crippen molar-refractivity contribution < 1.29 is 8.42 Å². The van der Waals surface area contributed by atoms with Crippen LogP contribution in [0.4, 0.5) is 0 Å². The first kappa shape index (κ1) is 20.0. The van der Waals surface area contributed by atoms with Gasteiger partial charge in [0.1, 0.15) is 4.90 Å². The lowest BCUT2D eigenvalue weighted by Gasteiger charge is -2.27. The van der Waals surface area contributed by atoms with Crippen LogP contribution in [-0.4, -0.2) is 38.3 Å². The van der Waals surface area contributed by atoms with E-state index in [4.69, 9.17) is 23.2 Å². The van der Waals surface area contributed by atoms with Gasteiger partial charge in [0.05, 0.1) is 27.8 Å². The quantitative estimate of drug-likeness (QED) is 0.724. The number of hydrogen-bond donors (Lipinski definition) is 1. The molecule has 0 fully saturated rings. The predicted molar refractivity (Wildman–Crippen MR) is 102 cm³/mol. The van der Waals surface area contributed by atoms with Gasteiger partial charge in [-0.2, -0.15) is 5.10 Å². The Kier molecular flexibility index (Phi) is 6.24. The summed E-state index contributed by atoms with van der Waals surface area (Å²) in [7, 11) is -2.04. The number of benzene rings is 1. The average Bonchev–Trinajstić information content (AvgIpc) is 2.63. The van der Waals surface area contributed by atoms with Gasteiger partial charge < -0.3 is 0 Å². The van der Waals surface area contributed by atoms with Crippen molar-refractivity contribution in [2.75, 3.05) is 7.05 Å². The molecule has 1 heterocycles. The molecule has 0 amide bonds. The van der Waals surface area contributed by atoms with Gasteiger partial charge in [-0.1, -0.05) is 53.0 Å². The summed E-state index contributed by atoms with van der Waals surface area (Å²) < 4.78 is 29.1. The van der Waals surface area contributed by atoms with Crippen LogP contribution in [-0.2, 0) is 10.0 Å². The van der Waals surface area contributed by atoms with Crippen LogP contribution in [0.15, 0.2) is 26.6 Å². The van der Waals surface area contributed by atoms with Crippen molar-refractivity contribution in [3.63, 3.8) is 0 Å². The Morgan fingerprint density at radius 1 is 1.33 bits per heavy atom. The zero-order valence-electron chi connectivity index (χ0n) is 13.8. The van der Waals surface area contributed by atoms with E-state index < -0.39 is 16.1 Å². The second-order valence-electron chi connectivity index (χ2n) is 6.31. The highest BCUT2D eigenvalue weighted by Crippen LogP contribution is 2.33. The lowest BCUT2D eigenvalue weighted by molar-refractivity contribution is 0.231. The molecule has 0 bridgehead atoms. The molecule has 2 rings (SSSR count). The van der Waals surface area contributed by atoms with Crippen LogP contribution in [0.25, 0.3) is 0 Å². The highest BCUT2D eigenvalue weighted by atomic mass is 79.9. The fourth-order valence-corrected chi connectivity index (χ4v) is 6.06. The normalized spacial score (nSPS) is 21.5. The first-order chi connectivity index (χ1) is 11.0. The first-order valence-corrected chi connectivity index (χ1v) is 10.5. The summed E-state index contributed by atoms with van der Waals surface area (Å²) in [4.78, 5) is -0.111. The molecule has 24 heavy (non-hydrogen) atoms. The van der Waals surface area contributed by atoms with E-state index in [-0.39, 0.29) is 21.0 Å². The van der Waals surface area contributed by atoms with Gasteiger partial charge in [-0.3, -0.25) is 5.01 Å². The highest BCUT2D eigenvalue weighted by molar-refractivity contribution is 9.10. The minimum absolute atomic E-state index is 0.0484. The summed E-state index contributed by atoms with van der Waals surface area (Å²) in [5.74, 6) is 0.408. The van der Waals surface area contributed by atoms with Crippen molar-refractivity contribution in [3.05, 3.63) is 26.7 Å². The van der Waals surface area contributed by atoms with Gasteiger partial charge in [-0.25, -0.2) is 13.1 Å².